The largest absolute Gasteiger partial charge is 0.358 e. The third-order valence-electron chi connectivity index (χ3n) is 2.81. The Bertz CT molecular complexity index is 410. The molecule has 6 heteroatoms. The lowest BCUT2D eigenvalue weighted by molar-refractivity contribution is 0.416. The van der Waals surface area contributed by atoms with E-state index in [0.717, 1.165) is 24.7 Å². The molecule has 1 rings (SSSR count). The van der Waals surface area contributed by atoms with Crippen LogP contribution in [-0.4, -0.2) is 49.1 Å². The number of nitrogens with two attached hydrogens (primary N) is 1. The third kappa shape index (κ3) is 4.65. The van der Waals surface area contributed by atoms with Gasteiger partial charge >= 0.3 is 0 Å². The van der Waals surface area contributed by atoms with Crippen molar-refractivity contribution in [2.24, 2.45) is 5.84 Å². The smallest absolute Gasteiger partial charge is 0.145 e. The van der Waals surface area contributed by atoms with Crippen LogP contribution in [0, 0.1) is 0 Å². The molecule has 0 saturated heterocycles. The topological polar surface area (TPSA) is 70.3 Å². The second-order valence-electron chi connectivity index (χ2n) is 6.05. The van der Waals surface area contributed by atoms with Crippen LogP contribution >= 0.6 is 0 Å². The fourth-order valence-electron chi connectivity index (χ4n) is 1.50. The van der Waals surface area contributed by atoms with E-state index in [1.807, 2.05) is 13.1 Å². The van der Waals surface area contributed by atoms with Crippen molar-refractivity contribution in [3.05, 3.63) is 11.9 Å². The number of nitrogens with zero attached hydrogens (tertiary/aromatic N) is 4. The molecule has 1 heterocycles. The van der Waals surface area contributed by atoms with Crippen molar-refractivity contribution >= 4 is 11.6 Å². The summed E-state index contributed by atoms with van der Waals surface area (Å²) in [4.78, 5) is 13.3. The maximum Gasteiger partial charge on any atom is 0.145 e. The molecule has 0 amide bonds. The van der Waals surface area contributed by atoms with E-state index in [4.69, 9.17) is 5.84 Å². The summed E-state index contributed by atoms with van der Waals surface area (Å²) in [6.45, 7) is 8.14. The van der Waals surface area contributed by atoms with Crippen molar-refractivity contribution < 1.29 is 0 Å². The second kappa shape index (κ2) is 6.16. The van der Waals surface area contributed by atoms with Gasteiger partial charge in [-0.3, -0.25) is 0 Å². The van der Waals surface area contributed by atoms with Gasteiger partial charge in [-0.25, -0.2) is 15.8 Å². The summed E-state index contributed by atoms with van der Waals surface area (Å²) in [5.41, 5.74) is 2.50. The molecule has 0 aliphatic heterocycles. The van der Waals surface area contributed by atoms with E-state index in [2.05, 4.69) is 60.1 Å². The number of nitrogens with one attached hydrogen (secondary N) is 1. The maximum absolute atomic E-state index is 5.49. The van der Waals surface area contributed by atoms with Crippen LogP contribution in [0.4, 0.5) is 11.6 Å². The van der Waals surface area contributed by atoms with Gasteiger partial charge in [-0.1, -0.05) is 20.8 Å². The van der Waals surface area contributed by atoms with Crippen LogP contribution in [0.15, 0.2) is 6.07 Å². The van der Waals surface area contributed by atoms with Gasteiger partial charge in [-0.15, -0.1) is 0 Å². The molecule has 0 fully saturated rings. The summed E-state index contributed by atoms with van der Waals surface area (Å²) in [5.74, 6) is 7.80. The highest BCUT2D eigenvalue weighted by Crippen LogP contribution is 2.23. The van der Waals surface area contributed by atoms with Crippen LogP contribution in [0.5, 0.6) is 0 Å². The Morgan fingerprint density at radius 2 is 1.79 bits per heavy atom. The average molecular weight is 266 g/mol. The third-order valence-corrected chi connectivity index (χ3v) is 2.81. The number of hydrogen-bond donors (Lipinski definition) is 2. The monoisotopic (exact) mass is 266 g/mol. The molecule has 0 bridgehead atoms. The van der Waals surface area contributed by atoms with Gasteiger partial charge < -0.3 is 15.2 Å². The molecule has 1 aromatic rings. The average Bonchev–Trinajstić information content (AvgIpc) is 2.34. The summed E-state index contributed by atoms with van der Waals surface area (Å²) < 4.78 is 0. The Labute approximate surface area is 116 Å². The molecule has 0 unspecified atom stereocenters. The second-order valence-corrected chi connectivity index (χ2v) is 6.05. The van der Waals surface area contributed by atoms with E-state index in [0.29, 0.717) is 5.82 Å². The number of hydrazine groups is 1. The Hall–Kier alpha value is -1.40. The summed E-state index contributed by atoms with van der Waals surface area (Å²) >= 11 is 0. The van der Waals surface area contributed by atoms with Gasteiger partial charge in [0.05, 0.1) is 0 Å². The number of rotatable bonds is 5. The van der Waals surface area contributed by atoms with Crippen LogP contribution < -0.4 is 16.2 Å². The highest BCUT2D eigenvalue weighted by atomic mass is 15.3. The molecule has 0 atom stereocenters. The molecule has 3 N–H and O–H groups in total. The molecule has 6 nitrogen and oxygen atoms in total. The fraction of sp³-hybridized carbons (Fsp3) is 0.692. The molecule has 0 radical (unpaired) electrons. The van der Waals surface area contributed by atoms with E-state index < -0.39 is 0 Å². The molecule has 19 heavy (non-hydrogen) atoms. The minimum atomic E-state index is -0.107. The first-order valence-corrected chi connectivity index (χ1v) is 6.46. The standard InChI is InChI=1S/C13H26N6/c1-13(2,3)12-15-10(17-14)9-11(16-12)19(6)8-7-18(4)5/h9H,7-8,14H2,1-6H3,(H,15,16,17). The number of likely N-dealkylation sites (N-methyl/N-ethyl adjacent to an activating group) is 2. The maximum atomic E-state index is 5.49. The zero-order valence-corrected chi connectivity index (χ0v) is 12.9. The van der Waals surface area contributed by atoms with Crippen LogP contribution in [0.2, 0.25) is 0 Å². The Kier molecular flexibility index (Phi) is 5.08. The van der Waals surface area contributed by atoms with Crippen molar-refractivity contribution in [2.45, 2.75) is 26.2 Å². The summed E-state index contributed by atoms with van der Waals surface area (Å²) in [7, 11) is 6.14. The van der Waals surface area contributed by atoms with Crippen molar-refractivity contribution in [3.8, 4) is 0 Å². The Morgan fingerprint density at radius 3 is 2.26 bits per heavy atom. The molecule has 0 aliphatic carbocycles. The predicted molar refractivity (Wildman–Crippen MR) is 80.4 cm³/mol. The van der Waals surface area contributed by atoms with Crippen LogP contribution in [0.25, 0.3) is 0 Å². The SMILES string of the molecule is CN(C)CCN(C)c1cc(NN)nc(C(C)(C)C)n1. The Balaban J connectivity index is 2.99. The number of anilines is 2. The quantitative estimate of drug-likeness (QED) is 0.613. The molecule has 0 aliphatic rings. The zero-order valence-electron chi connectivity index (χ0n) is 12.9. The number of nitrogen functional groups attached to an aromatic ring is 1. The molecule has 1 aromatic heterocycles. The van der Waals surface area contributed by atoms with Gasteiger partial charge in [-0.05, 0) is 14.1 Å². The first kappa shape index (κ1) is 15.7. The zero-order chi connectivity index (χ0) is 14.6. The Morgan fingerprint density at radius 1 is 1.16 bits per heavy atom. The van der Waals surface area contributed by atoms with Crippen molar-refractivity contribution in [2.75, 3.05) is 44.6 Å². The van der Waals surface area contributed by atoms with Crippen molar-refractivity contribution in [3.63, 3.8) is 0 Å². The van der Waals surface area contributed by atoms with Crippen LogP contribution in [-0.2, 0) is 5.41 Å². The van der Waals surface area contributed by atoms with Gasteiger partial charge in [0.2, 0.25) is 0 Å². The highest BCUT2D eigenvalue weighted by molar-refractivity contribution is 5.49. The molecule has 0 spiro atoms. The van der Waals surface area contributed by atoms with Crippen LogP contribution in [0.3, 0.4) is 0 Å². The molecule has 108 valence electrons. The first-order valence-electron chi connectivity index (χ1n) is 6.46. The summed E-state index contributed by atoms with van der Waals surface area (Å²) in [6, 6.07) is 1.87. The summed E-state index contributed by atoms with van der Waals surface area (Å²) in [5, 5.41) is 0. The summed E-state index contributed by atoms with van der Waals surface area (Å²) in [6.07, 6.45) is 0. The highest BCUT2D eigenvalue weighted by Gasteiger charge is 2.20. The van der Waals surface area contributed by atoms with Crippen LogP contribution in [0.1, 0.15) is 26.6 Å². The van der Waals surface area contributed by atoms with Gasteiger partial charge in [0.15, 0.2) is 0 Å². The first-order chi connectivity index (χ1) is 8.74. The number of aromatic nitrogens is 2. The lowest BCUT2D eigenvalue weighted by Gasteiger charge is -2.24. The van der Waals surface area contributed by atoms with E-state index in [1.54, 1.807) is 0 Å². The van der Waals surface area contributed by atoms with Gasteiger partial charge in [0, 0.05) is 31.6 Å². The minimum absolute atomic E-state index is 0.107. The van der Waals surface area contributed by atoms with Gasteiger partial charge in [0.1, 0.15) is 17.5 Å². The van der Waals surface area contributed by atoms with E-state index >= 15 is 0 Å². The normalized spacial score (nSPS) is 11.8. The predicted octanol–water partition coefficient (Wildman–Crippen LogP) is 1.06. The molecular weight excluding hydrogens is 240 g/mol. The number of hydrogen-bond acceptors (Lipinski definition) is 6. The fourth-order valence-corrected chi connectivity index (χ4v) is 1.50. The van der Waals surface area contributed by atoms with E-state index in [9.17, 15) is 0 Å². The lowest BCUT2D eigenvalue weighted by Crippen LogP contribution is -2.30. The van der Waals surface area contributed by atoms with Crippen molar-refractivity contribution in [1.82, 2.24) is 14.9 Å². The molecular formula is C13H26N6. The van der Waals surface area contributed by atoms with Crippen molar-refractivity contribution in [1.29, 1.82) is 0 Å². The molecule has 0 aromatic carbocycles. The molecule has 0 saturated carbocycles. The van der Waals surface area contributed by atoms with E-state index in [-0.39, 0.29) is 5.41 Å². The minimum Gasteiger partial charge on any atom is -0.358 e. The van der Waals surface area contributed by atoms with E-state index in [1.165, 1.54) is 0 Å². The lowest BCUT2D eigenvalue weighted by atomic mass is 9.96. The van der Waals surface area contributed by atoms with Gasteiger partial charge in [-0.2, -0.15) is 0 Å². The van der Waals surface area contributed by atoms with Gasteiger partial charge in [0.25, 0.3) is 0 Å².